The Bertz CT molecular complexity index is 307. The van der Waals surface area contributed by atoms with Crippen LogP contribution in [-0.2, 0) is 0 Å². The van der Waals surface area contributed by atoms with Crippen molar-refractivity contribution in [3.05, 3.63) is 0 Å². The zero-order chi connectivity index (χ0) is 18.0. The lowest BCUT2D eigenvalue weighted by molar-refractivity contribution is -0.104. The van der Waals surface area contributed by atoms with Gasteiger partial charge in [0, 0.05) is 0 Å². The Balaban J connectivity index is 2.56. The molecule has 144 valence electrons. The summed E-state index contributed by atoms with van der Waals surface area (Å²) >= 11 is 0. The highest BCUT2D eigenvalue weighted by Crippen LogP contribution is 2.60. The van der Waals surface area contributed by atoms with Gasteiger partial charge in [-0.3, -0.25) is 0 Å². The van der Waals surface area contributed by atoms with Crippen molar-refractivity contribution in [2.45, 2.75) is 125 Å². The van der Waals surface area contributed by atoms with E-state index in [1.807, 2.05) is 0 Å². The van der Waals surface area contributed by atoms with E-state index in [0.717, 1.165) is 23.7 Å². The summed E-state index contributed by atoms with van der Waals surface area (Å²) in [4.78, 5) is 0. The SMILES string of the molecule is CCCCCCCCC(CCCCC)C1(C)CC(C)C1C(C)CC. The Hall–Kier alpha value is 0. The second-order valence-corrected chi connectivity index (χ2v) is 9.35. The molecule has 0 saturated heterocycles. The topological polar surface area (TPSA) is 0 Å². The first-order valence-electron chi connectivity index (χ1n) is 11.5. The van der Waals surface area contributed by atoms with Crippen molar-refractivity contribution >= 4 is 0 Å². The van der Waals surface area contributed by atoms with E-state index in [1.54, 1.807) is 0 Å². The molecule has 0 aromatic carbocycles. The summed E-state index contributed by atoms with van der Waals surface area (Å²) in [5.41, 5.74) is 0.645. The molecule has 0 heteroatoms. The minimum absolute atomic E-state index is 0.645. The van der Waals surface area contributed by atoms with Gasteiger partial charge in [0.2, 0.25) is 0 Å². The summed E-state index contributed by atoms with van der Waals surface area (Å²) < 4.78 is 0. The van der Waals surface area contributed by atoms with Crippen molar-refractivity contribution in [3.63, 3.8) is 0 Å². The van der Waals surface area contributed by atoms with Gasteiger partial charge in [-0.05, 0) is 48.3 Å². The summed E-state index contributed by atoms with van der Waals surface area (Å²) in [7, 11) is 0. The molecule has 1 rings (SSSR count). The third kappa shape index (κ3) is 6.06. The number of hydrogen-bond acceptors (Lipinski definition) is 0. The van der Waals surface area contributed by atoms with Gasteiger partial charge in [-0.2, -0.15) is 0 Å². The fourth-order valence-electron chi connectivity index (χ4n) is 5.97. The maximum atomic E-state index is 2.66. The fourth-order valence-corrected chi connectivity index (χ4v) is 5.97. The predicted molar refractivity (Wildman–Crippen MR) is 110 cm³/mol. The Kier molecular flexibility index (Phi) is 10.6. The molecule has 0 aromatic rings. The summed E-state index contributed by atoms with van der Waals surface area (Å²) in [5, 5.41) is 0. The standard InChI is InChI=1S/C24H48/c1-7-10-12-13-14-16-18-22(17-15-11-8-2)24(6)19-21(5)23(24)20(4)9-3/h20-23H,7-19H2,1-6H3. The molecule has 1 aliphatic rings. The van der Waals surface area contributed by atoms with Gasteiger partial charge in [0.25, 0.3) is 0 Å². The van der Waals surface area contributed by atoms with Crippen LogP contribution in [0.4, 0.5) is 0 Å². The molecule has 0 spiro atoms. The molecule has 1 aliphatic carbocycles. The highest BCUT2D eigenvalue weighted by molar-refractivity contribution is 5.02. The smallest absolute Gasteiger partial charge is 0.0262 e. The first-order chi connectivity index (χ1) is 11.5. The van der Waals surface area contributed by atoms with Gasteiger partial charge in [-0.15, -0.1) is 0 Å². The Morgan fingerprint density at radius 3 is 1.88 bits per heavy atom. The molecule has 0 amide bonds. The van der Waals surface area contributed by atoms with E-state index in [-0.39, 0.29) is 0 Å². The van der Waals surface area contributed by atoms with E-state index < -0.39 is 0 Å². The zero-order valence-corrected chi connectivity index (χ0v) is 18.0. The molecule has 1 fully saturated rings. The highest BCUT2D eigenvalue weighted by Gasteiger charge is 2.53. The summed E-state index contributed by atoms with van der Waals surface area (Å²) in [6.07, 6.45) is 18.8. The predicted octanol–water partition coefficient (Wildman–Crippen LogP) is 8.64. The summed E-state index contributed by atoms with van der Waals surface area (Å²) in [6.45, 7) is 14.8. The molecule has 24 heavy (non-hydrogen) atoms. The number of rotatable bonds is 14. The van der Waals surface area contributed by atoms with Crippen LogP contribution in [0.1, 0.15) is 125 Å². The third-order valence-corrected chi connectivity index (χ3v) is 7.39. The molecule has 0 radical (unpaired) electrons. The average Bonchev–Trinajstić information content (AvgIpc) is 2.55. The Morgan fingerprint density at radius 1 is 0.833 bits per heavy atom. The van der Waals surface area contributed by atoms with Crippen LogP contribution in [0.15, 0.2) is 0 Å². The lowest BCUT2D eigenvalue weighted by Crippen LogP contribution is -2.52. The van der Waals surface area contributed by atoms with Gasteiger partial charge in [0.05, 0.1) is 0 Å². The third-order valence-electron chi connectivity index (χ3n) is 7.39. The van der Waals surface area contributed by atoms with Gasteiger partial charge >= 0.3 is 0 Å². The minimum Gasteiger partial charge on any atom is -0.0654 e. The molecule has 5 atom stereocenters. The number of unbranched alkanes of at least 4 members (excludes halogenated alkanes) is 7. The quantitative estimate of drug-likeness (QED) is 0.278. The van der Waals surface area contributed by atoms with Crippen LogP contribution in [0.25, 0.3) is 0 Å². The van der Waals surface area contributed by atoms with Crippen molar-refractivity contribution in [2.75, 3.05) is 0 Å². The van der Waals surface area contributed by atoms with Gasteiger partial charge < -0.3 is 0 Å². The van der Waals surface area contributed by atoms with Crippen LogP contribution in [0.3, 0.4) is 0 Å². The van der Waals surface area contributed by atoms with Gasteiger partial charge in [-0.1, -0.05) is 106 Å². The van der Waals surface area contributed by atoms with Crippen LogP contribution in [0.5, 0.6) is 0 Å². The van der Waals surface area contributed by atoms with Crippen molar-refractivity contribution in [2.24, 2.45) is 29.1 Å². The van der Waals surface area contributed by atoms with Gasteiger partial charge in [0.1, 0.15) is 0 Å². The molecule has 0 aliphatic heterocycles. The maximum absolute atomic E-state index is 2.66. The lowest BCUT2D eigenvalue weighted by atomic mass is 9.46. The average molecular weight is 337 g/mol. The highest BCUT2D eigenvalue weighted by atomic mass is 14.6. The van der Waals surface area contributed by atoms with Crippen LogP contribution >= 0.6 is 0 Å². The number of hydrogen-bond donors (Lipinski definition) is 0. The molecular weight excluding hydrogens is 288 g/mol. The van der Waals surface area contributed by atoms with Crippen LogP contribution in [0.2, 0.25) is 0 Å². The second kappa shape index (κ2) is 11.6. The van der Waals surface area contributed by atoms with E-state index >= 15 is 0 Å². The van der Waals surface area contributed by atoms with Gasteiger partial charge in [0.15, 0.2) is 0 Å². The molecule has 0 bridgehead atoms. The monoisotopic (exact) mass is 336 g/mol. The van der Waals surface area contributed by atoms with Crippen molar-refractivity contribution in [1.29, 1.82) is 0 Å². The Morgan fingerprint density at radius 2 is 1.33 bits per heavy atom. The minimum atomic E-state index is 0.645. The van der Waals surface area contributed by atoms with Crippen molar-refractivity contribution in [3.8, 4) is 0 Å². The normalized spacial score (nSPS) is 29.2. The zero-order valence-electron chi connectivity index (χ0n) is 18.0. The summed E-state index contributed by atoms with van der Waals surface area (Å²) in [5.74, 6) is 3.85. The molecule has 0 nitrogen and oxygen atoms in total. The lowest BCUT2D eigenvalue weighted by Gasteiger charge is -2.59. The van der Waals surface area contributed by atoms with Crippen molar-refractivity contribution < 1.29 is 0 Å². The van der Waals surface area contributed by atoms with Crippen LogP contribution < -0.4 is 0 Å². The summed E-state index contributed by atoms with van der Waals surface area (Å²) in [6, 6.07) is 0. The van der Waals surface area contributed by atoms with Crippen LogP contribution in [0, 0.1) is 29.1 Å². The van der Waals surface area contributed by atoms with Crippen molar-refractivity contribution in [1.82, 2.24) is 0 Å². The molecule has 0 N–H and O–H groups in total. The first-order valence-corrected chi connectivity index (χ1v) is 11.5. The second-order valence-electron chi connectivity index (χ2n) is 9.35. The molecule has 0 aromatic heterocycles. The Labute approximate surface area is 154 Å². The van der Waals surface area contributed by atoms with E-state index in [1.165, 1.54) is 83.5 Å². The molecule has 1 saturated carbocycles. The van der Waals surface area contributed by atoms with Gasteiger partial charge in [-0.25, -0.2) is 0 Å². The molecule has 5 unspecified atom stereocenters. The van der Waals surface area contributed by atoms with E-state index in [9.17, 15) is 0 Å². The molecule has 0 heterocycles. The largest absolute Gasteiger partial charge is 0.0654 e. The van der Waals surface area contributed by atoms with E-state index in [2.05, 4.69) is 41.5 Å². The van der Waals surface area contributed by atoms with E-state index in [4.69, 9.17) is 0 Å². The maximum Gasteiger partial charge on any atom is -0.0262 e. The molecular formula is C24H48. The van der Waals surface area contributed by atoms with Crippen LogP contribution in [-0.4, -0.2) is 0 Å². The first kappa shape index (κ1) is 22.0. The van der Waals surface area contributed by atoms with E-state index in [0.29, 0.717) is 5.41 Å². The fraction of sp³-hybridized carbons (Fsp3) is 1.00.